The fourth-order valence-corrected chi connectivity index (χ4v) is 2.70. The van der Waals surface area contributed by atoms with E-state index in [1.54, 1.807) is 0 Å². The van der Waals surface area contributed by atoms with Crippen LogP contribution in [0.25, 0.3) is 5.69 Å². The summed E-state index contributed by atoms with van der Waals surface area (Å²) in [5.41, 5.74) is -6.00. The minimum atomic E-state index is -6.07. The molecular weight excluding hydrogens is 473 g/mol. The molecule has 0 aliphatic rings. The molecule has 0 aliphatic carbocycles. The van der Waals surface area contributed by atoms with Crippen LogP contribution in [-0.2, 0) is 11.8 Å². The van der Waals surface area contributed by atoms with Crippen LogP contribution < -0.4 is 5.56 Å². The van der Waals surface area contributed by atoms with E-state index < -0.39 is 56.7 Å². The Morgan fingerprint density at radius 1 is 0.759 bits per heavy atom. The summed E-state index contributed by atoms with van der Waals surface area (Å²) in [5.74, 6) is -10.9. The summed E-state index contributed by atoms with van der Waals surface area (Å²) in [6.07, 6.45) is -11.9. The molecule has 0 N–H and O–H groups in total. The predicted octanol–water partition coefficient (Wildman–Crippen LogP) is 5.85. The minimum absolute atomic E-state index is 0.112. The highest BCUT2D eigenvalue weighted by atomic mass is 35.5. The van der Waals surface area contributed by atoms with Crippen molar-refractivity contribution in [3.63, 3.8) is 0 Å². The lowest BCUT2D eigenvalue weighted by Gasteiger charge is -2.22. The number of aromatic nitrogens is 2. The summed E-state index contributed by atoms with van der Waals surface area (Å²) in [6, 6.07) is 0.0141. The van der Waals surface area contributed by atoms with Crippen LogP contribution >= 0.6 is 23.2 Å². The van der Waals surface area contributed by atoms with Gasteiger partial charge in [0.25, 0.3) is 5.56 Å². The number of alkyl halides is 10. The van der Waals surface area contributed by atoms with Gasteiger partial charge in [-0.2, -0.15) is 43.9 Å². The van der Waals surface area contributed by atoms with Gasteiger partial charge in [0.05, 0.1) is 15.7 Å². The van der Waals surface area contributed by atoms with Gasteiger partial charge in [-0.05, 0) is 12.1 Å². The van der Waals surface area contributed by atoms with Gasteiger partial charge < -0.3 is 0 Å². The van der Waals surface area contributed by atoms with Crippen molar-refractivity contribution in [1.82, 2.24) is 9.55 Å². The molecule has 0 atom stereocenters. The topological polar surface area (TPSA) is 34.9 Å². The lowest BCUT2D eigenvalue weighted by Crippen LogP contribution is -2.36. The molecule has 160 valence electrons. The van der Waals surface area contributed by atoms with E-state index in [4.69, 9.17) is 23.2 Å². The SMILES string of the molecule is O=c1cc(C(F)(F)C(F)(F)F)ncn1-c1c(Cl)cc(C(F)(F)C(F)(F)F)cc1Cl. The molecule has 0 amide bonds. The maximum atomic E-state index is 13.4. The molecule has 0 bridgehead atoms. The van der Waals surface area contributed by atoms with Gasteiger partial charge in [-0.15, -0.1) is 0 Å². The van der Waals surface area contributed by atoms with Crippen LogP contribution in [0.2, 0.25) is 10.0 Å². The summed E-state index contributed by atoms with van der Waals surface area (Å²) in [5, 5.41) is -1.90. The van der Waals surface area contributed by atoms with Crippen molar-refractivity contribution in [3.05, 3.63) is 56.2 Å². The van der Waals surface area contributed by atoms with E-state index in [1.165, 1.54) is 0 Å². The molecule has 1 aromatic heterocycles. The largest absolute Gasteiger partial charge is 0.459 e. The van der Waals surface area contributed by atoms with E-state index in [9.17, 15) is 48.7 Å². The second-order valence-corrected chi connectivity index (χ2v) is 6.23. The van der Waals surface area contributed by atoms with E-state index in [0.717, 1.165) is 0 Å². The van der Waals surface area contributed by atoms with Gasteiger partial charge in [0.2, 0.25) is 0 Å². The van der Waals surface area contributed by atoms with Gasteiger partial charge in [0.15, 0.2) is 0 Å². The number of hydrogen-bond donors (Lipinski definition) is 0. The Hall–Kier alpha value is -2.02. The molecular formula is C14H4Cl2F10N2O. The quantitative estimate of drug-likeness (QED) is 0.521. The smallest absolute Gasteiger partial charge is 0.269 e. The Morgan fingerprint density at radius 2 is 1.21 bits per heavy atom. The van der Waals surface area contributed by atoms with Crippen molar-refractivity contribution in [2.24, 2.45) is 0 Å². The molecule has 1 heterocycles. The summed E-state index contributed by atoms with van der Waals surface area (Å²) in [7, 11) is 0. The second-order valence-electron chi connectivity index (χ2n) is 5.42. The zero-order valence-corrected chi connectivity index (χ0v) is 14.7. The molecule has 2 rings (SSSR count). The maximum absolute atomic E-state index is 13.4. The van der Waals surface area contributed by atoms with Crippen LogP contribution in [0.5, 0.6) is 0 Å². The molecule has 29 heavy (non-hydrogen) atoms. The van der Waals surface area contributed by atoms with Crippen LogP contribution in [-0.4, -0.2) is 21.9 Å². The van der Waals surface area contributed by atoms with Crippen molar-refractivity contribution < 1.29 is 43.9 Å². The van der Waals surface area contributed by atoms with Crippen LogP contribution in [0.3, 0.4) is 0 Å². The Labute approximate surface area is 163 Å². The van der Waals surface area contributed by atoms with Crippen LogP contribution in [0.4, 0.5) is 43.9 Å². The normalized spacial score (nSPS) is 13.7. The Morgan fingerprint density at radius 3 is 1.59 bits per heavy atom. The standard InChI is InChI=1S/C14H4Cl2F10N2O/c15-6-1-5(11(17,18)13(21,22)23)2-7(16)10(6)28-4-27-8(3-9(28)29)12(19,20)14(24,25)26/h1-4H. The van der Waals surface area contributed by atoms with Crippen molar-refractivity contribution in [2.75, 3.05) is 0 Å². The number of halogens is 12. The fraction of sp³-hybridized carbons (Fsp3) is 0.286. The van der Waals surface area contributed by atoms with Crippen LogP contribution in [0, 0.1) is 0 Å². The first-order chi connectivity index (χ1) is 12.9. The zero-order valence-electron chi connectivity index (χ0n) is 13.1. The second kappa shape index (κ2) is 7.04. The van der Waals surface area contributed by atoms with Crippen molar-refractivity contribution in [1.29, 1.82) is 0 Å². The molecule has 0 radical (unpaired) electrons. The van der Waals surface area contributed by atoms with Crippen LogP contribution in [0.15, 0.2) is 29.3 Å². The van der Waals surface area contributed by atoms with Gasteiger partial charge >= 0.3 is 24.2 Å². The van der Waals surface area contributed by atoms with Crippen LogP contribution in [0.1, 0.15) is 11.3 Å². The molecule has 0 aliphatic heterocycles. The number of nitrogens with zero attached hydrogens (tertiary/aromatic N) is 2. The third kappa shape index (κ3) is 4.02. The number of rotatable bonds is 3. The minimum Gasteiger partial charge on any atom is -0.269 e. The van der Waals surface area contributed by atoms with E-state index >= 15 is 0 Å². The monoisotopic (exact) mass is 476 g/mol. The Bertz CT molecular complexity index is 974. The third-order valence-corrected chi connectivity index (χ3v) is 4.04. The number of hydrogen-bond acceptors (Lipinski definition) is 2. The van der Waals surface area contributed by atoms with E-state index in [2.05, 4.69) is 4.98 Å². The molecule has 0 unspecified atom stereocenters. The van der Waals surface area contributed by atoms with E-state index in [0.29, 0.717) is 0 Å². The highest BCUT2D eigenvalue weighted by Crippen LogP contribution is 2.46. The first-order valence-electron chi connectivity index (χ1n) is 6.89. The van der Waals surface area contributed by atoms with Gasteiger partial charge in [-0.25, -0.2) is 4.98 Å². The van der Waals surface area contributed by atoms with E-state index in [1.807, 2.05) is 0 Å². The zero-order chi connectivity index (χ0) is 22.6. The molecule has 15 heteroatoms. The Balaban J connectivity index is 2.62. The molecule has 0 saturated carbocycles. The highest BCUT2D eigenvalue weighted by Gasteiger charge is 2.60. The summed E-state index contributed by atoms with van der Waals surface area (Å²) in [6.45, 7) is 0. The summed E-state index contributed by atoms with van der Waals surface area (Å²) < 4.78 is 128. The molecule has 3 nitrogen and oxygen atoms in total. The molecule has 0 fully saturated rings. The van der Waals surface area contributed by atoms with Gasteiger partial charge in [-0.1, -0.05) is 23.2 Å². The Kier molecular flexibility index (Phi) is 5.65. The number of benzene rings is 1. The molecule has 1 aromatic carbocycles. The molecule has 0 saturated heterocycles. The average Bonchev–Trinajstić information content (AvgIpc) is 2.53. The fourth-order valence-electron chi connectivity index (χ4n) is 2.03. The highest BCUT2D eigenvalue weighted by molar-refractivity contribution is 6.37. The summed E-state index contributed by atoms with van der Waals surface area (Å²) >= 11 is 11.2. The summed E-state index contributed by atoms with van der Waals surface area (Å²) in [4.78, 5) is 14.7. The first kappa shape index (κ1) is 23.3. The predicted molar refractivity (Wildman–Crippen MR) is 79.8 cm³/mol. The van der Waals surface area contributed by atoms with E-state index in [-0.39, 0.29) is 29.1 Å². The van der Waals surface area contributed by atoms with Gasteiger partial charge in [-0.3, -0.25) is 9.36 Å². The molecule has 0 spiro atoms. The average molecular weight is 477 g/mol. The lowest BCUT2D eigenvalue weighted by atomic mass is 10.1. The maximum Gasteiger partial charge on any atom is 0.459 e. The van der Waals surface area contributed by atoms with Crippen molar-refractivity contribution >= 4 is 23.2 Å². The lowest BCUT2D eigenvalue weighted by molar-refractivity contribution is -0.291. The third-order valence-electron chi connectivity index (χ3n) is 3.46. The van der Waals surface area contributed by atoms with Gasteiger partial charge in [0.1, 0.15) is 12.0 Å². The van der Waals surface area contributed by atoms with Crippen molar-refractivity contribution in [2.45, 2.75) is 24.2 Å². The van der Waals surface area contributed by atoms with Gasteiger partial charge in [0, 0.05) is 11.6 Å². The van der Waals surface area contributed by atoms with Crippen molar-refractivity contribution in [3.8, 4) is 5.69 Å². The molecule has 2 aromatic rings. The first-order valence-corrected chi connectivity index (χ1v) is 7.65.